The molecule has 1 fully saturated rings. The smallest absolute Gasteiger partial charge is 0.00882 e. The van der Waals surface area contributed by atoms with Gasteiger partial charge in [0.15, 0.2) is 0 Å². The molecule has 0 aromatic rings. The monoisotopic (exact) mass is 250 g/mol. The van der Waals surface area contributed by atoms with Gasteiger partial charge in [-0.25, -0.2) is 0 Å². The Bertz CT molecular complexity index is 132. The number of hydrogen-bond donors (Lipinski definition) is 0. The maximum Gasteiger partial charge on any atom is 0.00882 e. The van der Waals surface area contributed by atoms with Crippen LogP contribution in [0.2, 0.25) is 0 Å². The Morgan fingerprint density at radius 2 is 2.33 bits per heavy atom. The molecular formula is C10H19BrS. The zero-order valence-corrected chi connectivity index (χ0v) is 10.5. The Morgan fingerprint density at radius 3 is 2.75 bits per heavy atom. The van der Waals surface area contributed by atoms with E-state index < -0.39 is 0 Å². The zero-order valence-electron chi connectivity index (χ0n) is 8.11. The van der Waals surface area contributed by atoms with Crippen LogP contribution in [0.15, 0.2) is 0 Å². The van der Waals surface area contributed by atoms with Crippen molar-refractivity contribution in [2.75, 3.05) is 16.8 Å². The van der Waals surface area contributed by atoms with Crippen molar-refractivity contribution in [3.05, 3.63) is 0 Å². The molecule has 12 heavy (non-hydrogen) atoms. The highest BCUT2D eigenvalue weighted by atomic mass is 79.9. The molecule has 0 aromatic heterocycles. The van der Waals surface area contributed by atoms with Gasteiger partial charge in [-0.3, -0.25) is 0 Å². The van der Waals surface area contributed by atoms with Crippen LogP contribution in [0.25, 0.3) is 0 Å². The van der Waals surface area contributed by atoms with Crippen molar-refractivity contribution in [1.29, 1.82) is 0 Å². The normalized spacial score (nSPS) is 28.8. The quantitative estimate of drug-likeness (QED) is 0.682. The molecule has 1 rings (SSSR count). The second kappa shape index (κ2) is 4.90. The molecule has 2 unspecified atom stereocenters. The maximum atomic E-state index is 3.67. The van der Waals surface area contributed by atoms with Crippen LogP contribution in [0.5, 0.6) is 0 Å². The van der Waals surface area contributed by atoms with Crippen LogP contribution in [0.1, 0.15) is 33.1 Å². The van der Waals surface area contributed by atoms with E-state index >= 15 is 0 Å². The first-order chi connectivity index (χ1) is 5.73. The van der Waals surface area contributed by atoms with Crippen LogP contribution in [-0.4, -0.2) is 16.8 Å². The first-order valence-corrected chi connectivity index (χ1v) is 7.14. The highest BCUT2D eigenvalue weighted by molar-refractivity contribution is 9.09. The Labute approximate surface area is 89.0 Å². The molecular weight excluding hydrogens is 232 g/mol. The van der Waals surface area contributed by atoms with Gasteiger partial charge in [-0.05, 0) is 35.7 Å². The molecule has 2 heteroatoms. The second-order valence-corrected chi connectivity index (χ2v) is 5.81. The van der Waals surface area contributed by atoms with E-state index in [1.807, 2.05) is 0 Å². The molecule has 0 radical (unpaired) electrons. The lowest BCUT2D eigenvalue weighted by Crippen LogP contribution is -2.29. The molecule has 0 aromatic carbocycles. The molecule has 0 bridgehead atoms. The molecule has 2 atom stereocenters. The van der Waals surface area contributed by atoms with E-state index in [0.29, 0.717) is 5.41 Å². The highest BCUT2D eigenvalue weighted by Gasteiger charge is 2.34. The van der Waals surface area contributed by atoms with Gasteiger partial charge in [-0.15, -0.1) is 0 Å². The summed E-state index contributed by atoms with van der Waals surface area (Å²) in [5.41, 5.74) is 0.568. The van der Waals surface area contributed by atoms with Crippen LogP contribution in [0.4, 0.5) is 0 Å². The first kappa shape index (κ1) is 10.9. The van der Waals surface area contributed by atoms with E-state index in [9.17, 15) is 0 Å². The van der Waals surface area contributed by atoms with Crippen molar-refractivity contribution in [3.63, 3.8) is 0 Å². The van der Waals surface area contributed by atoms with E-state index in [-0.39, 0.29) is 0 Å². The predicted octanol–water partition coefficient (Wildman–Crippen LogP) is 3.94. The van der Waals surface area contributed by atoms with E-state index in [1.54, 1.807) is 0 Å². The Morgan fingerprint density at radius 1 is 1.58 bits per heavy atom. The summed E-state index contributed by atoms with van der Waals surface area (Å²) in [5.74, 6) is 3.74. The molecule has 1 aliphatic rings. The Kier molecular flexibility index (Phi) is 4.45. The fraction of sp³-hybridized carbons (Fsp3) is 1.00. The van der Waals surface area contributed by atoms with Crippen LogP contribution < -0.4 is 0 Å². The molecule has 0 aliphatic carbocycles. The topological polar surface area (TPSA) is 0 Å². The average molecular weight is 251 g/mol. The van der Waals surface area contributed by atoms with Crippen molar-refractivity contribution in [2.24, 2.45) is 11.3 Å². The summed E-state index contributed by atoms with van der Waals surface area (Å²) in [6, 6.07) is 0. The number of halogens is 1. The molecule has 0 nitrogen and oxygen atoms in total. The number of alkyl halides is 1. The van der Waals surface area contributed by atoms with E-state index in [0.717, 1.165) is 5.92 Å². The van der Waals surface area contributed by atoms with Crippen molar-refractivity contribution in [1.82, 2.24) is 0 Å². The second-order valence-electron chi connectivity index (χ2n) is 4.10. The SMILES string of the molecule is CCCC(C)(CBr)C1CCSC1. The van der Waals surface area contributed by atoms with E-state index in [2.05, 4.69) is 41.5 Å². The summed E-state index contributed by atoms with van der Waals surface area (Å²) >= 11 is 5.80. The summed E-state index contributed by atoms with van der Waals surface area (Å²) in [6.45, 7) is 4.74. The van der Waals surface area contributed by atoms with Gasteiger partial charge in [-0.1, -0.05) is 36.2 Å². The first-order valence-electron chi connectivity index (χ1n) is 4.86. The summed E-state index contributed by atoms with van der Waals surface area (Å²) in [4.78, 5) is 0. The van der Waals surface area contributed by atoms with Gasteiger partial charge in [0.1, 0.15) is 0 Å². The largest absolute Gasteiger partial charge is 0.162 e. The summed E-state index contributed by atoms with van der Waals surface area (Å²) in [6.07, 6.45) is 4.14. The van der Waals surface area contributed by atoms with Gasteiger partial charge in [0.25, 0.3) is 0 Å². The predicted molar refractivity (Wildman–Crippen MR) is 62.2 cm³/mol. The van der Waals surface area contributed by atoms with Crippen molar-refractivity contribution >= 4 is 27.7 Å². The Balaban J connectivity index is 2.51. The van der Waals surface area contributed by atoms with Crippen molar-refractivity contribution < 1.29 is 0 Å². The molecule has 72 valence electrons. The third-order valence-corrected chi connectivity index (χ3v) is 5.49. The lowest BCUT2D eigenvalue weighted by Gasteiger charge is -2.33. The molecule has 0 N–H and O–H groups in total. The van der Waals surface area contributed by atoms with E-state index in [4.69, 9.17) is 0 Å². The van der Waals surface area contributed by atoms with Crippen LogP contribution >= 0.6 is 27.7 Å². The molecule has 1 aliphatic heterocycles. The minimum Gasteiger partial charge on any atom is -0.162 e. The summed E-state index contributed by atoms with van der Waals surface area (Å²) in [7, 11) is 0. The molecule has 1 heterocycles. The van der Waals surface area contributed by atoms with Gasteiger partial charge in [0.05, 0.1) is 0 Å². The van der Waals surface area contributed by atoms with E-state index in [1.165, 1.54) is 36.1 Å². The third-order valence-electron chi connectivity index (χ3n) is 3.04. The molecule has 0 amide bonds. The van der Waals surface area contributed by atoms with Gasteiger partial charge >= 0.3 is 0 Å². The summed E-state index contributed by atoms with van der Waals surface area (Å²) < 4.78 is 0. The highest BCUT2D eigenvalue weighted by Crippen LogP contribution is 2.42. The minimum atomic E-state index is 0.568. The average Bonchev–Trinajstić information content (AvgIpc) is 2.57. The van der Waals surface area contributed by atoms with Crippen LogP contribution in [-0.2, 0) is 0 Å². The molecule has 1 saturated heterocycles. The fourth-order valence-electron chi connectivity index (χ4n) is 2.04. The van der Waals surface area contributed by atoms with Crippen LogP contribution in [0, 0.1) is 11.3 Å². The standard InChI is InChI=1S/C10H19BrS/c1-3-5-10(2,8-11)9-4-6-12-7-9/h9H,3-8H2,1-2H3. The molecule has 0 saturated carbocycles. The van der Waals surface area contributed by atoms with Crippen molar-refractivity contribution in [3.8, 4) is 0 Å². The van der Waals surface area contributed by atoms with Gasteiger partial charge < -0.3 is 0 Å². The lowest BCUT2D eigenvalue weighted by molar-refractivity contribution is 0.224. The fourth-order valence-corrected chi connectivity index (χ4v) is 4.24. The Hall–Kier alpha value is 0.830. The summed E-state index contributed by atoms with van der Waals surface area (Å²) in [5, 5.41) is 1.18. The minimum absolute atomic E-state index is 0.568. The van der Waals surface area contributed by atoms with Gasteiger partial charge in [0, 0.05) is 5.33 Å². The number of rotatable bonds is 4. The lowest BCUT2D eigenvalue weighted by atomic mass is 9.75. The van der Waals surface area contributed by atoms with Crippen LogP contribution in [0.3, 0.4) is 0 Å². The zero-order chi connectivity index (χ0) is 9.03. The molecule has 0 spiro atoms. The van der Waals surface area contributed by atoms with Gasteiger partial charge in [-0.2, -0.15) is 11.8 Å². The number of hydrogen-bond acceptors (Lipinski definition) is 1. The third kappa shape index (κ3) is 2.41. The van der Waals surface area contributed by atoms with Crippen molar-refractivity contribution in [2.45, 2.75) is 33.1 Å². The van der Waals surface area contributed by atoms with Gasteiger partial charge in [0.2, 0.25) is 0 Å². The maximum absolute atomic E-state index is 3.67. The number of thioether (sulfide) groups is 1.